The van der Waals surface area contributed by atoms with Crippen LogP contribution >= 0.6 is 12.6 Å². The van der Waals surface area contributed by atoms with Crippen LogP contribution in [0.25, 0.3) is 0 Å². The Morgan fingerprint density at radius 1 is 2.00 bits per heavy atom. The molecule has 0 amide bonds. The van der Waals surface area contributed by atoms with E-state index in [0.29, 0.717) is 5.75 Å². The predicted octanol–water partition coefficient (Wildman–Crippen LogP) is -0.219. The number of thiol groups is 1. The molecule has 0 radical (unpaired) electrons. The zero-order valence-corrected chi connectivity index (χ0v) is 4.32. The second kappa shape index (κ2) is 3.04. The monoisotopic (exact) mass is 140 g/mol. The van der Waals surface area contributed by atoms with E-state index in [-0.39, 0.29) is 0 Å². The Hall–Kier alpha value is 0.829. The van der Waals surface area contributed by atoms with Crippen LogP contribution in [0.3, 0.4) is 0 Å². The van der Waals surface area contributed by atoms with E-state index in [1.807, 2.05) is 0 Å². The van der Waals surface area contributed by atoms with E-state index in [1.54, 1.807) is 0 Å². The fourth-order valence-corrected chi connectivity index (χ4v) is 0. The van der Waals surface area contributed by atoms with E-state index in [9.17, 15) is 0 Å². The number of hydrogen-bond donors (Lipinski definition) is 2. The van der Waals surface area contributed by atoms with Gasteiger partial charge >= 0.3 is 44.5 Å². The van der Waals surface area contributed by atoms with Gasteiger partial charge in [-0.05, 0) is 0 Å². The van der Waals surface area contributed by atoms with Gasteiger partial charge in [0.25, 0.3) is 0 Å². The van der Waals surface area contributed by atoms with Crippen molar-refractivity contribution in [3.8, 4) is 0 Å². The van der Waals surface area contributed by atoms with Crippen LogP contribution in [0.1, 0.15) is 0 Å². The molecule has 1 N–H and O–H groups in total. The molecule has 0 aliphatic carbocycles. The summed E-state index contributed by atoms with van der Waals surface area (Å²) in [5.74, 6) is 0.361. The second-order valence-corrected chi connectivity index (χ2v) is 1.56. The van der Waals surface area contributed by atoms with E-state index in [0.717, 1.165) is 0 Å². The molecule has 3 heteroatoms. The first-order valence-corrected chi connectivity index (χ1v) is 2.33. The van der Waals surface area contributed by atoms with Gasteiger partial charge in [-0.1, -0.05) is 0 Å². The number of aliphatic hydroxyl groups is 1. The summed E-state index contributed by atoms with van der Waals surface area (Å²) in [6, 6.07) is 0. The zero-order chi connectivity index (χ0) is 4.28. The Kier molecular flexibility index (Phi) is 3.54. The summed E-state index contributed by atoms with van der Waals surface area (Å²) in [5, 5.41) is 7.40. The maximum atomic E-state index is 8.09. The molecule has 1 nitrogen and oxygen atoms in total. The quantitative estimate of drug-likeness (QED) is 0.381. The van der Waals surface area contributed by atoms with Crippen molar-refractivity contribution in [3.63, 3.8) is 0 Å². The van der Waals surface area contributed by atoms with Crippen molar-refractivity contribution in [3.05, 3.63) is 0 Å². The first-order valence-electron chi connectivity index (χ1n) is 1.16. The molecule has 0 aliphatic heterocycles. The third kappa shape index (κ3) is 4.83. The van der Waals surface area contributed by atoms with Gasteiger partial charge in [0.2, 0.25) is 0 Å². The first-order chi connectivity index (χ1) is 2.27. The second-order valence-electron chi connectivity index (χ2n) is 0.566. The van der Waals surface area contributed by atoms with Crippen LogP contribution < -0.4 is 0 Å². The fraction of sp³-hybridized carbons (Fsp3) is 1.00. The van der Waals surface area contributed by atoms with Crippen molar-refractivity contribution >= 4 is 12.6 Å². The van der Waals surface area contributed by atoms with Crippen molar-refractivity contribution in [2.75, 3.05) is 5.75 Å². The third-order valence-corrected chi connectivity index (χ3v) is 0.926. The van der Waals surface area contributed by atoms with Gasteiger partial charge in [-0.25, -0.2) is 0 Å². The number of rotatable bonds is 1. The molecule has 1 unspecified atom stereocenters. The minimum absolute atomic E-state index is 0.361. The molecule has 0 spiro atoms. The summed E-state index contributed by atoms with van der Waals surface area (Å²) in [4.78, 5) is 0. The molecule has 0 heterocycles. The minimum atomic E-state index is -0.689. The average Bonchev–Trinajstić information content (AvgIpc) is 1.38. The van der Waals surface area contributed by atoms with Gasteiger partial charge in [0.1, 0.15) is 0 Å². The van der Waals surface area contributed by atoms with Crippen molar-refractivity contribution in [1.82, 2.24) is 0 Å². The molecule has 0 aromatic rings. The Bertz CT molecular complexity index is 23.6. The van der Waals surface area contributed by atoms with E-state index >= 15 is 0 Å². The summed E-state index contributed by atoms with van der Waals surface area (Å²) < 4.78 is 0. The van der Waals surface area contributed by atoms with Crippen LogP contribution in [0.2, 0.25) is 0 Å². The Labute approximate surface area is 45.0 Å². The van der Waals surface area contributed by atoms with Gasteiger partial charge in [0, 0.05) is 0 Å². The van der Waals surface area contributed by atoms with Crippen LogP contribution in [0.15, 0.2) is 0 Å². The number of aliphatic hydroxyl groups excluding tert-OH is 1. The summed E-state index contributed by atoms with van der Waals surface area (Å²) >= 11 is 8.04. The standard InChI is InChI=1S/C2H5OS.Cu/c3-1-2-4;/h1,3-4H,2H2;. The van der Waals surface area contributed by atoms with Gasteiger partial charge in [0.05, 0.1) is 0 Å². The molecule has 1 atom stereocenters. The molecule has 0 aromatic heterocycles. The first kappa shape index (κ1) is 5.83. The molecule has 0 fully saturated rings. The Balaban J connectivity index is 2.54. The van der Waals surface area contributed by atoms with Crippen LogP contribution in [-0.2, 0) is 16.0 Å². The molecule has 0 aliphatic rings. The third-order valence-electron chi connectivity index (χ3n) is 0.137. The molecule has 0 aromatic carbocycles. The molecule has 5 heavy (non-hydrogen) atoms. The Morgan fingerprint density at radius 3 is 2.20 bits per heavy atom. The van der Waals surface area contributed by atoms with Crippen LogP contribution in [0.5, 0.6) is 0 Å². The van der Waals surface area contributed by atoms with Gasteiger partial charge in [-0.3, -0.25) is 0 Å². The summed E-state index contributed by atoms with van der Waals surface area (Å²) in [6.07, 6.45) is 0. The van der Waals surface area contributed by atoms with Crippen molar-refractivity contribution in [2.24, 2.45) is 0 Å². The SMILES string of the molecule is O[CH]([Cu])CS. The van der Waals surface area contributed by atoms with Gasteiger partial charge in [0.15, 0.2) is 0 Å². The molecule has 36 valence electrons. The van der Waals surface area contributed by atoms with Gasteiger partial charge in [-0.2, -0.15) is 0 Å². The maximum absolute atomic E-state index is 8.09. The summed E-state index contributed by atoms with van der Waals surface area (Å²) in [7, 11) is 0. The average molecular weight is 141 g/mol. The van der Waals surface area contributed by atoms with Crippen LogP contribution in [0.4, 0.5) is 0 Å². The topological polar surface area (TPSA) is 20.2 Å². The van der Waals surface area contributed by atoms with Crippen molar-refractivity contribution in [1.29, 1.82) is 0 Å². The number of hydrogen-bond acceptors (Lipinski definition) is 2. The van der Waals surface area contributed by atoms with Gasteiger partial charge < -0.3 is 0 Å². The molecule has 0 saturated carbocycles. The normalized spacial score (nSPS) is 15.2. The van der Waals surface area contributed by atoms with E-state index in [4.69, 9.17) is 5.11 Å². The van der Waals surface area contributed by atoms with E-state index in [1.165, 1.54) is 0 Å². The van der Waals surface area contributed by atoms with E-state index in [2.05, 4.69) is 28.6 Å². The summed E-state index contributed by atoms with van der Waals surface area (Å²) in [6.45, 7) is 0. The zero-order valence-electron chi connectivity index (χ0n) is 2.48. The predicted molar refractivity (Wildman–Crippen MR) is 19.9 cm³/mol. The van der Waals surface area contributed by atoms with Gasteiger partial charge in [-0.15, -0.1) is 0 Å². The fourth-order valence-electron chi connectivity index (χ4n) is 0. The van der Waals surface area contributed by atoms with Crippen LogP contribution in [-0.4, -0.2) is 15.9 Å². The molecule has 0 rings (SSSR count). The summed E-state index contributed by atoms with van der Waals surface area (Å²) in [5.41, 5.74) is 0. The Morgan fingerprint density at radius 2 is 2.20 bits per heavy atom. The van der Waals surface area contributed by atoms with Crippen molar-refractivity contribution in [2.45, 2.75) is 5.00 Å². The molecular formula is C2H5CuOS. The molecule has 0 saturated heterocycles. The molecular weight excluding hydrogens is 136 g/mol. The van der Waals surface area contributed by atoms with Crippen molar-refractivity contribution < 1.29 is 21.1 Å². The van der Waals surface area contributed by atoms with E-state index < -0.39 is 5.00 Å². The van der Waals surface area contributed by atoms with Crippen LogP contribution in [0, 0.1) is 0 Å². The molecule has 0 bridgehead atoms.